The van der Waals surface area contributed by atoms with Crippen molar-refractivity contribution in [3.8, 4) is 5.75 Å². The van der Waals surface area contributed by atoms with Gasteiger partial charge in [-0.3, -0.25) is 14.7 Å². The maximum Gasteiger partial charge on any atom is 0.224 e. The van der Waals surface area contributed by atoms with Crippen LogP contribution in [-0.4, -0.2) is 42.0 Å². The van der Waals surface area contributed by atoms with Gasteiger partial charge in [0.25, 0.3) is 0 Å². The maximum absolute atomic E-state index is 13.4. The number of aromatic nitrogens is 1. The van der Waals surface area contributed by atoms with Crippen LogP contribution in [0, 0.1) is 23.6 Å². The number of pyridine rings is 1. The van der Waals surface area contributed by atoms with Crippen molar-refractivity contribution in [1.29, 1.82) is 0 Å². The van der Waals surface area contributed by atoms with E-state index in [-0.39, 0.29) is 23.6 Å². The number of piperidine rings is 1. The molecule has 1 amide bonds. The van der Waals surface area contributed by atoms with Gasteiger partial charge in [-0.1, -0.05) is 19.9 Å². The highest BCUT2D eigenvalue weighted by Crippen LogP contribution is 2.25. The Bertz CT molecular complexity index is 785. The zero-order chi connectivity index (χ0) is 20.6. The lowest BCUT2D eigenvalue weighted by atomic mass is 9.88. The molecule has 0 saturated carbocycles. The van der Waals surface area contributed by atoms with Crippen molar-refractivity contribution in [2.45, 2.75) is 26.8 Å². The van der Waals surface area contributed by atoms with E-state index in [0.717, 1.165) is 26.1 Å². The van der Waals surface area contributed by atoms with E-state index in [1.165, 1.54) is 17.7 Å². The van der Waals surface area contributed by atoms with E-state index in [2.05, 4.69) is 29.0 Å². The summed E-state index contributed by atoms with van der Waals surface area (Å²) in [5.41, 5.74) is 1.17. The highest BCUT2D eigenvalue weighted by molar-refractivity contribution is 5.79. The topological polar surface area (TPSA) is 54.5 Å². The number of nitrogens with zero attached hydrogens (tertiary/aromatic N) is 2. The van der Waals surface area contributed by atoms with Crippen LogP contribution in [-0.2, 0) is 11.3 Å². The first-order valence-corrected chi connectivity index (χ1v) is 10.3. The number of amides is 1. The molecule has 0 bridgehead atoms. The zero-order valence-electron chi connectivity index (χ0n) is 17.2. The highest BCUT2D eigenvalue weighted by atomic mass is 19.1. The van der Waals surface area contributed by atoms with Crippen molar-refractivity contribution in [3.63, 3.8) is 0 Å². The quantitative estimate of drug-likeness (QED) is 0.738. The van der Waals surface area contributed by atoms with Crippen LogP contribution in [0.2, 0.25) is 0 Å². The summed E-state index contributed by atoms with van der Waals surface area (Å²) in [5, 5.41) is 3.07. The van der Waals surface area contributed by atoms with Crippen LogP contribution in [0.15, 0.2) is 48.8 Å². The van der Waals surface area contributed by atoms with Crippen molar-refractivity contribution < 1.29 is 13.9 Å². The Hall–Kier alpha value is -2.47. The number of ether oxygens (including phenoxy) is 1. The van der Waals surface area contributed by atoms with Crippen molar-refractivity contribution in [3.05, 3.63) is 60.2 Å². The summed E-state index contributed by atoms with van der Waals surface area (Å²) in [6, 6.07) is 10.2. The van der Waals surface area contributed by atoms with Gasteiger partial charge in [-0.25, -0.2) is 4.39 Å². The Kier molecular flexibility index (Phi) is 7.58. The lowest BCUT2D eigenvalue weighted by molar-refractivity contribution is -0.128. The molecule has 1 aliphatic heterocycles. The molecule has 0 spiro atoms. The molecule has 1 aromatic heterocycles. The number of likely N-dealkylation sites (tertiary alicyclic amines) is 1. The van der Waals surface area contributed by atoms with E-state index in [9.17, 15) is 9.18 Å². The molecule has 6 heteroatoms. The van der Waals surface area contributed by atoms with Gasteiger partial charge in [-0.2, -0.15) is 0 Å². The molecule has 1 aromatic carbocycles. The van der Waals surface area contributed by atoms with E-state index < -0.39 is 0 Å². The number of benzene rings is 1. The van der Waals surface area contributed by atoms with Crippen LogP contribution < -0.4 is 10.1 Å². The summed E-state index contributed by atoms with van der Waals surface area (Å²) in [6.45, 7) is 7.66. The monoisotopic (exact) mass is 399 g/mol. The zero-order valence-corrected chi connectivity index (χ0v) is 17.2. The third kappa shape index (κ3) is 6.82. The Balaban J connectivity index is 1.64. The molecule has 1 N–H and O–H groups in total. The Morgan fingerprint density at radius 1 is 1.28 bits per heavy atom. The molecule has 0 aliphatic carbocycles. The van der Waals surface area contributed by atoms with E-state index in [4.69, 9.17) is 4.74 Å². The van der Waals surface area contributed by atoms with Crippen LogP contribution in [0.25, 0.3) is 0 Å². The average molecular weight is 400 g/mol. The number of hydrogen-bond donors (Lipinski definition) is 1. The summed E-state index contributed by atoms with van der Waals surface area (Å²) in [6.07, 6.45) is 4.35. The van der Waals surface area contributed by atoms with Crippen LogP contribution in [0.3, 0.4) is 0 Å². The van der Waals surface area contributed by atoms with Gasteiger partial charge in [0.15, 0.2) is 0 Å². The van der Waals surface area contributed by atoms with Gasteiger partial charge >= 0.3 is 0 Å². The van der Waals surface area contributed by atoms with E-state index in [1.807, 2.05) is 12.1 Å². The van der Waals surface area contributed by atoms with Crippen molar-refractivity contribution in [1.82, 2.24) is 15.2 Å². The minimum atomic E-state index is -0.309. The number of nitrogens with one attached hydrogen (secondary N) is 1. The number of rotatable bonds is 8. The molecular formula is C23H30FN3O2. The number of carbonyl (C=O) groups is 1. The van der Waals surface area contributed by atoms with Gasteiger partial charge in [0.2, 0.25) is 5.91 Å². The van der Waals surface area contributed by atoms with Crippen LogP contribution >= 0.6 is 0 Å². The molecular weight excluding hydrogens is 369 g/mol. The minimum absolute atomic E-state index is 0.0783. The molecule has 2 aromatic rings. The summed E-state index contributed by atoms with van der Waals surface area (Å²) in [5.74, 6) is 0.860. The first-order valence-electron chi connectivity index (χ1n) is 10.3. The molecule has 2 heterocycles. The first kappa shape index (κ1) is 21.2. The van der Waals surface area contributed by atoms with Gasteiger partial charge in [0.05, 0.1) is 12.5 Å². The second-order valence-corrected chi connectivity index (χ2v) is 8.26. The summed E-state index contributed by atoms with van der Waals surface area (Å²) < 4.78 is 19.3. The van der Waals surface area contributed by atoms with E-state index >= 15 is 0 Å². The Labute approximate surface area is 172 Å². The standard InChI is InChI=1S/C23H30FN3O2/c1-17(2)12-26-23(28)20-10-19(16-29-22-5-3-4-21(24)11-22)14-27(15-20)13-18-6-8-25-9-7-18/h3-9,11,17,19-20H,10,12-16H2,1-2H3,(H,26,28)/t19-,20+/m0/s1. The highest BCUT2D eigenvalue weighted by Gasteiger charge is 2.32. The lowest BCUT2D eigenvalue weighted by Gasteiger charge is -2.37. The summed E-state index contributed by atoms with van der Waals surface area (Å²) >= 11 is 0. The fraction of sp³-hybridized carbons (Fsp3) is 0.478. The molecule has 1 saturated heterocycles. The largest absolute Gasteiger partial charge is 0.493 e. The Morgan fingerprint density at radius 3 is 2.79 bits per heavy atom. The Morgan fingerprint density at radius 2 is 2.07 bits per heavy atom. The number of halogens is 1. The predicted octanol–water partition coefficient (Wildman–Crippen LogP) is 3.51. The predicted molar refractivity (Wildman–Crippen MR) is 111 cm³/mol. The fourth-order valence-electron chi connectivity index (χ4n) is 3.71. The van der Waals surface area contributed by atoms with Crippen LogP contribution in [0.4, 0.5) is 4.39 Å². The van der Waals surface area contributed by atoms with Crippen molar-refractivity contribution in [2.24, 2.45) is 17.8 Å². The van der Waals surface area contributed by atoms with Crippen molar-refractivity contribution in [2.75, 3.05) is 26.2 Å². The number of hydrogen-bond acceptors (Lipinski definition) is 4. The molecule has 156 valence electrons. The molecule has 2 atom stereocenters. The normalized spacial score (nSPS) is 19.9. The van der Waals surface area contributed by atoms with E-state index in [0.29, 0.717) is 24.8 Å². The number of carbonyl (C=O) groups excluding carboxylic acids is 1. The second kappa shape index (κ2) is 10.3. The van der Waals surface area contributed by atoms with Gasteiger partial charge in [-0.15, -0.1) is 0 Å². The molecule has 5 nitrogen and oxygen atoms in total. The third-order valence-corrected chi connectivity index (χ3v) is 5.11. The van der Waals surface area contributed by atoms with Gasteiger partial charge in [0.1, 0.15) is 11.6 Å². The molecule has 0 radical (unpaired) electrons. The van der Waals surface area contributed by atoms with Gasteiger partial charge in [-0.05, 0) is 42.2 Å². The van der Waals surface area contributed by atoms with Crippen molar-refractivity contribution >= 4 is 5.91 Å². The maximum atomic E-state index is 13.4. The molecule has 29 heavy (non-hydrogen) atoms. The average Bonchev–Trinajstić information content (AvgIpc) is 2.71. The minimum Gasteiger partial charge on any atom is -0.493 e. The molecule has 0 unspecified atom stereocenters. The van der Waals surface area contributed by atoms with Crippen LogP contribution in [0.1, 0.15) is 25.8 Å². The first-order chi connectivity index (χ1) is 14.0. The summed E-state index contributed by atoms with van der Waals surface area (Å²) in [7, 11) is 0. The molecule has 3 rings (SSSR count). The molecule has 1 aliphatic rings. The van der Waals surface area contributed by atoms with Crippen LogP contribution in [0.5, 0.6) is 5.75 Å². The third-order valence-electron chi connectivity index (χ3n) is 5.11. The lowest BCUT2D eigenvalue weighted by Crippen LogP contribution is -2.47. The molecule has 1 fully saturated rings. The second-order valence-electron chi connectivity index (χ2n) is 8.26. The van der Waals surface area contributed by atoms with E-state index in [1.54, 1.807) is 24.5 Å². The van der Waals surface area contributed by atoms with Gasteiger partial charge in [0, 0.05) is 50.6 Å². The fourth-order valence-corrected chi connectivity index (χ4v) is 3.71. The summed E-state index contributed by atoms with van der Waals surface area (Å²) in [4.78, 5) is 19.1. The smallest absolute Gasteiger partial charge is 0.224 e. The SMILES string of the molecule is CC(C)CNC(=O)[C@@H]1C[C@H](COc2cccc(F)c2)CN(Cc2ccncc2)C1. The van der Waals surface area contributed by atoms with Gasteiger partial charge < -0.3 is 10.1 Å².